The van der Waals surface area contributed by atoms with Crippen molar-refractivity contribution >= 4 is 11.6 Å². The number of aromatic nitrogens is 2. The molecule has 0 radical (unpaired) electrons. The van der Waals surface area contributed by atoms with Crippen LogP contribution in [-0.4, -0.2) is 9.78 Å². The van der Waals surface area contributed by atoms with Crippen molar-refractivity contribution in [2.24, 2.45) is 0 Å². The molecule has 2 rings (SSSR count). The predicted molar refractivity (Wildman–Crippen MR) is 66.8 cm³/mol. The Bertz CT molecular complexity index is 474. The highest BCUT2D eigenvalue weighted by Gasteiger charge is 2.10. The highest BCUT2D eigenvalue weighted by Crippen LogP contribution is 2.16. The Balaban J connectivity index is 2.29. The Morgan fingerprint density at radius 2 is 1.88 bits per heavy atom. The van der Waals surface area contributed by atoms with Crippen molar-refractivity contribution in [3.63, 3.8) is 0 Å². The Morgan fingerprint density at radius 1 is 1.19 bits per heavy atom. The van der Waals surface area contributed by atoms with Crippen LogP contribution >= 0.6 is 11.6 Å². The lowest BCUT2D eigenvalue weighted by Crippen LogP contribution is -2.03. The third-order valence-electron chi connectivity index (χ3n) is 2.84. The summed E-state index contributed by atoms with van der Waals surface area (Å²) in [6, 6.07) is 10.3. The maximum absolute atomic E-state index is 5.90. The molecular weight excluding hydrogens is 220 g/mol. The maximum atomic E-state index is 5.90. The van der Waals surface area contributed by atoms with Gasteiger partial charge in [-0.25, -0.2) is 0 Å². The summed E-state index contributed by atoms with van der Waals surface area (Å²) >= 11 is 5.90. The molecule has 3 heteroatoms. The Hall–Kier alpha value is -1.28. The largest absolute Gasteiger partial charge is 0.265 e. The fraction of sp³-hybridized carbons (Fsp3) is 0.308. The first-order valence-corrected chi connectivity index (χ1v) is 5.88. The topological polar surface area (TPSA) is 17.8 Å². The summed E-state index contributed by atoms with van der Waals surface area (Å²) in [5.74, 6) is 0.534. The molecular formula is C13H15ClN2. The fourth-order valence-corrected chi connectivity index (χ4v) is 2.22. The van der Waals surface area contributed by atoms with Crippen LogP contribution in [0.4, 0.5) is 0 Å². The van der Waals surface area contributed by atoms with Crippen LogP contribution in [0, 0.1) is 13.8 Å². The van der Waals surface area contributed by atoms with Gasteiger partial charge in [-0.2, -0.15) is 5.10 Å². The van der Waals surface area contributed by atoms with Gasteiger partial charge in [0, 0.05) is 11.3 Å². The summed E-state index contributed by atoms with van der Waals surface area (Å²) in [5.41, 5.74) is 4.60. The van der Waals surface area contributed by atoms with Gasteiger partial charge in [-0.15, -0.1) is 11.6 Å². The lowest BCUT2D eigenvalue weighted by atomic mass is 10.2. The van der Waals surface area contributed by atoms with Gasteiger partial charge >= 0.3 is 0 Å². The van der Waals surface area contributed by atoms with E-state index in [1.807, 2.05) is 29.8 Å². The van der Waals surface area contributed by atoms with Crippen molar-refractivity contribution in [1.29, 1.82) is 0 Å². The summed E-state index contributed by atoms with van der Waals surface area (Å²) in [6.07, 6.45) is 0. The SMILES string of the molecule is Cc1nn(Cc2ccccc2)c(C)c1CCl. The smallest absolute Gasteiger partial charge is 0.0662 e. The fourth-order valence-electron chi connectivity index (χ4n) is 1.84. The lowest BCUT2D eigenvalue weighted by molar-refractivity contribution is 0.658. The minimum atomic E-state index is 0.534. The monoisotopic (exact) mass is 234 g/mol. The minimum Gasteiger partial charge on any atom is -0.265 e. The van der Waals surface area contributed by atoms with Gasteiger partial charge in [-0.05, 0) is 19.4 Å². The van der Waals surface area contributed by atoms with Crippen LogP contribution in [0.2, 0.25) is 0 Å². The van der Waals surface area contributed by atoms with Crippen molar-refractivity contribution in [2.45, 2.75) is 26.3 Å². The van der Waals surface area contributed by atoms with E-state index in [9.17, 15) is 0 Å². The van der Waals surface area contributed by atoms with Crippen molar-refractivity contribution in [2.75, 3.05) is 0 Å². The molecule has 1 aromatic heterocycles. The average molecular weight is 235 g/mol. The Kier molecular flexibility index (Phi) is 3.30. The van der Waals surface area contributed by atoms with Gasteiger partial charge in [0.15, 0.2) is 0 Å². The molecule has 0 atom stereocenters. The number of rotatable bonds is 3. The quantitative estimate of drug-likeness (QED) is 0.746. The number of hydrogen-bond donors (Lipinski definition) is 0. The molecule has 0 N–H and O–H groups in total. The van der Waals surface area contributed by atoms with Crippen molar-refractivity contribution < 1.29 is 0 Å². The molecule has 0 aliphatic heterocycles. The predicted octanol–water partition coefficient (Wildman–Crippen LogP) is 3.29. The van der Waals surface area contributed by atoms with Gasteiger partial charge in [0.1, 0.15) is 0 Å². The third-order valence-corrected chi connectivity index (χ3v) is 3.11. The number of halogens is 1. The summed E-state index contributed by atoms with van der Waals surface area (Å²) in [4.78, 5) is 0. The van der Waals surface area contributed by atoms with E-state index >= 15 is 0 Å². The number of aryl methyl sites for hydroxylation is 1. The summed E-state index contributed by atoms with van der Waals surface area (Å²) in [5, 5.41) is 4.51. The maximum Gasteiger partial charge on any atom is 0.0662 e. The van der Waals surface area contributed by atoms with Crippen LogP contribution in [0.25, 0.3) is 0 Å². The highest BCUT2D eigenvalue weighted by molar-refractivity contribution is 6.17. The molecule has 0 saturated carbocycles. The first kappa shape index (κ1) is 11.2. The molecule has 84 valence electrons. The number of benzene rings is 1. The molecule has 0 unspecified atom stereocenters. The zero-order chi connectivity index (χ0) is 11.5. The van der Waals surface area contributed by atoms with E-state index in [0.29, 0.717) is 5.88 Å². The molecule has 1 heterocycles. The van der Waals surface area contributed by atoms with Crippen LogP contribution in [0.5, 0.6) is 0 Å². The molecule has 0 amide bonds. The van der Waals surface area contributed by atoms with Crippen LogP contribution in [0.1, 0.15) is 22.5 Å². The van der Waals surface area contributed by atoms with E-state index in [4.69, 9.17) is 11.6 Å². The molecule has 2 aromatic rings. The van der Waals surface area contributed by atoms with Crippen molar-refractivity contribution in [3.05, 3.63) is 52.8 Å². The Morgan fingerprint density at radius 3 is 2.44 bits per heavy atom. The van der Waals surface area contributed by atoms with Gasteiger partial charge in [-0.3, -0.25) is 4.68 Å². The summed E-state index contributed by atoms with van der Waals surface area (Å²) < 4.78 is 2.02. The second-order valence-electron chi connectivity index (χ2n) is 3.93. The molecule has 0 aliphatic carbocycles. The molecule has 1 aromatic carbocycles. The first-order chi connectivity index (χ1) is 7.72. The molecule has 0 saturated heterocycles. The van der Waals surface area contributed by atoms with E-state index in [2.05, 4.69) is 24.2 Å². The standard InChI is InChI=1S/C13H15ClN2/c1-10-13(8-14)11(2)16(15-10)9-12-6-4-3-5-7-12/h3-7H,8-9H2,1-2H3. The highest BCUT2D eigenvalue weighted by atomic mass is 35.5. The van der Waals surface area contributed by atoms with Crippen LogP contribution in [-0.2, 0) is 12.4 Å². The number of hydrogen-bond acceptors (Lipinski definition) is 1. The molecule has 0 fully saturated rings. The van der Waals surface area contributed by atoms with Crippen LogP contribution in [0.15, 0.2) is 30.3 Å². The van der Waals surface area contributed by atoms with E-state index < -0.39 is 0 Å². The molecule has 0 bridgehead atoms. The normalized spacial score (nSPS) is 10.7. The Labute approximate surface area is 101 Å². The van der Waals surface area contributed by atoms with Crippen molar-refractivity contribution in [1.82, 2.24) is 9.78 Å². The van der Waals surface area contributed by atoms with E-state index in [-0.39, 0.29) is 0 Å². The van der Waals surface area contributed by atoms with Gasteiger partial charge in [0.25, 0.3) is 0 Å². The van der Waals surface area contributed by atoms with Gasteiger partial charge < -0.3 is 0 Å². The van der Waals surface area contributed by atoms with Crippen LogP contribution in [0.3, 0.4) is 0 Å². The van der Waals surface area contributed by atoms with E-state index in [0.717, 1.165) is 23.5 Å². The number of alkyl halides is 1. The lowest BCUT2D eigenvalue weighted by Gasteiger charge is -2.04. The first-order valence-electron chi connectivity index (χ1n) is 5.35. The molecule has 2 nitrogen and oxygen atoms in total. The van der Waals surface area contributed by atoms with Crippen LogP contribution < -0.4 is 0 Å². The zero-order valence-corrected chi connectivity index (χ0v) is 10.3. The van der Waals surface area contributed by atoms with Gasteiger partial charge in [0.05, 0.1) is 18.1 Å². The van der Waals surface area contributed by atoms with E-state index in [1.54, 1.807) is 0 Å². The minimum absolute atomic E-state index is 0.534. The van der Waals surface area contributed by atoms with E-state index in [1.165, 1.54) is 5.56 Å². The second kappa shape index (κ2) is 4.71. The summed E-state index contributed by atoms with van der Waals surface area (Å²) in [6.45, 7) is 4.89. The zero-order valence-electron chi connectivity index (χ0n) is 9.57. The molecule has 16 heavy (non-hydrogen) atoms. The van der Waals surface area contributed by atoms with Crippen molar-refractivity contribution in [3.8, 4) is 0 Å². The summed E-state index contributed by atoms with van der Waals surface area (Å²) in [7, 11) is 0. The second-order valence-corrected chi connectivity index (χ2v) is 4.19. The molecule has 0 spiro atoms. The average Bonchev–Trinajstić information content (AvgIpc) is 2.55. The number of nitrogens with zero attached hydrogens (tertiary/aromatic N) is 2. The third kappa shape index (κ3) is 2.12. The van der Waals surface area contributed by atoms with Gasteiger partial charge in [0.2, 0.25) is 0 Å². The van der Waals surface area contributed by atoms with Gasteiger partial charge in [-0.1, -0.05) is 30.3 Å². The molecule has 0 aliphatic rings.